The van der Waals surface area contributed by atoms with Gasteiger partial charge in [-0.05, 0) is 0 Å². The summed E-state index contributed by atoms with van der Waals surface area (Å²) >= 11 is 0. The first-order chi connectivity index (χ1) is 6.71. The third kappa shape index (κ3) is 17.7. The normalized spacial score (nSPS) is 12.1. The van der Waals surface area contributed by atoms with Gasteiger partial charge in [0.1, 0.15) is 0 Å². The van der Waals surface area contributed by atoms with E-state index in [0.717, 1.165) is 0 Å². The molecular weight excluding hydrogens is 293 g/mol. The van der Waals surface area contributed by atoms with Crippen LogP contribution >= 0.6 is 0 Å². The quantitative estimate of drug-likeness (QED) is 0.195. The molecule has 0 heterocycles. The van der Waals surface area contributed by atoms with Gasteiger partial charge in [-0.2, -0.15) is 8.42 Å². The molecule has 0 aromatic carbocycles. The second-order valence-electron chi connectivity index (χ2n) is 2.23. The van der Waals surface area contributed by atoms with Gasteiger partial charge < -0.3 is 9.87 Å². The molecule has 92 valence electrons. The maximum Gasteiger partial charge on any atom is 1.00 e. The molecule has 0 saturated heterocycles. The van der Waals surface area contributed by atoms with Crippen LogP contribution in [0.5, 0.6) is 0 Å². The third-order valence-electron chi connectivity index (χ3n) is 1.02. The Kier molecular flexibility index (Phi) is 11.4. The van der Waals surface area contributed by atoms with Gasteiger partial charge in [0, 0.05) is 13.1 Å². The molecule has 12 heteroatoms. The van der Waals surface area contributed by atoms with Crippen molar-refractivity contribution in [3.05, 3.63) is 0 Å². The molecule has 0 aliphatic heterocycles. The Labute approximate surface area is 136 Å². The van der Waals surface area contributed by atoms with Crippen molar-refractivity contribution in [1.29, 1.82) is 0 Å². The van der Waals surface area contributed by atoms with Crippen LogP contribution in [0.2, 0.25) is 0 Å². The van der Waals surface area contributed by atoms with Gasteiger partial charge in [0.05, 0.1) is 13.2 Å². The van der Waals surface area contributed by atoms with Crippen LogP contribution in [0.3, 0.4) is 0 Å². The van der Waals surface area contributed by atoms with Crippen molar-refractivity contribution in [1.82, 2.24) is 5.32 Å². The molecule has 2 N–H and O–H groups in total. The maximum absolute atomic E-state index is 10.0. The molecule has 0 rings (SSSR count). The maximum atomic E-state index is 10.0. The van der Waals surface area contributed by atoms with Gasteiger partial charge in [0.25, 0.3) is 0 Å². The first kappa shape index (κ1) is 19.7. The fraction of sp³-hybridized carbons (Fsp3) is 1.00. The van der Waals surface area contributed by atoms with Gasteiger partial charge in [0.2, 0.25) is 10.4 Å². The van der Waals surface area contributed by atoms with E-state index >= 15 is 0 Å². The summed E-state index contributed by atoms with van der Waals surface area (Å²) in [5.41, 5.74) is 0. The van der Waals surface area contributed by atoms with E-state index in [-0.39, 0.29) is 77.7 Å². The minimum absolute atomic E-state index is 0. The van der Waals surface area contributed by atoms with Crippen LogP contribution in [-0.2, 0) is 29.2 Å². The zero-order chi connectivity index (χ0) is 11.9. The van der Waals surface area contributed by atoms with Gasteiger partial charge in [0.15, 0.2) is 0 Å². The van der Waals surface area contributed by atoms with Gasteiger partial charge in [-0.25, -0.2) is 12.6 Å². The number of rotatable bonds is 8. The number of nitrogens with one attached hydrogen (secondary N) is 1. The fourth-order valence-corrected chi connectivity index (χ4v) is 1.14. The largest absolute Gasteiger partial charge is 1.00 e. The molecular formula is C4H10KNO8S2. The predicted octanol–water partition coefficient (Wildman–Crippen LogP) is -5.12. The zero-order valence-electron chi connectivity index (χ0n) is 8.45. The van der Waals surface area contributed by atoms with Gasteiger partial charge in [-0.3, -0.25) is 8.74 Å². The van der Waals surface area contributed by atoms with E-state index in [2.05, 4.69) is 13.7 Å². The predicted molar refractivity (Wildman–Crippen MR) is 46.0 cm³/mol. The number of hydrogen-bond donors (Lipinski definition) is 2. The molecule has 0 aliphatic carbocycles. The van der Waals surface area contributed by atoms with Crippen molar-refractivity contribution in [3.63, 3.8) is 0 Å². The average Bonchev–Trinajstić information content (AvgIpc) is 1.98. The topological polar surface area (TPSA) is 142 Å². The van der Waals surface area contributed by atoms with Crippen LogP contribution in [0.4, 0.5) is 0 Å². The van der Waals surface area contributed by atoms with E-state index in [1.807, 2.05) is 0 Å². The average molecular weight is 303 g/mol. The van der Waals surface area contributed by atoms with Crippen LogP contribution in [-0.4, -0.2) is 52.2 Å². The van der Waals surface area contributed by atoms with E-state index in [0.29, 0.717) is 0 Å². The Morgan fingerprint density at radius 2 is 1.50 bits per heavy atom. The van der Waals surface area contributed by atoms with E-state index in [4.69, 9.17) is 4.55 Å². The summed E-state index contributed by atoms with van der Waals surface area (Å²) in [6.07, 6.45) is 0. The molecule has 0 aromatic heterocycles. The molecule has 0 spiro atoms. The molecule has 0 radical (unpaired) electrons. The Balaban J connectivity index is 0. The summed E-state index contributed by atoms with van der Waals surface area (Å²) < 4.78 is 65.6. The van der Waals surface area contributed by atoms with Crippen molar-refractivity contribution in [3.8, 4) is 0 Å². The Morgan fingerprint density at radius 1 is 1.06 bits per heavy atom. The molecule has 0 unspecified atom stereocenters. The molecule has 0 amide bonds. The summed E-state index contributed by atoms with van der Waals surface area (Å²) in [6, 6.07) is 0. The van der Waals surface area contributed by atoms with Crippen LogP contribution in [0.25, 0.3) is 0 Å². The first-order valence-corrected chi connectivity index (χ1v) is 6.33. The summed E-state index contributed by atoms with van der Waals surface area (Å²) in [6.45, 7) is -0.612. The smallest absolute Gasteiger partial charge is 0.726 e. The van der Waals surface area contributed by atoms with Gasteiger partial charge in [-0.1, -0.05) is 0 Å². The Bertz CT molecular complexity index is 327. The summed E-state index contributed by atoms with van der Waals surface area (Å²) in [7, 11) is -9.15. The molecule has 0 atom stereocenters. The third-order valence-corrected chi connectivity index (χ3v) is 1.94. The zero-order valence-corrected chi connectivity index (χ0v) is 13.2. The monoisotopic (exact) mass is 303 g/mol. The molecule has 0 saturated carbocycles. The van der Waals surface area contributed by atoms with Crippen LogP contribution in [0.15, 0.2) is 0 Å². The number of hydrogen-bond acceptors (Lipinski definition) is 8. The minimum Gasteiger partial charge on any atom is -0.726 e. The van der Waals surface area contributed by atoms with Crippen LogP contribution in [0, 0.1) is 0 Å². The molecule has 0 fully saturated rings. The molecule has 0 aliphatic rings. The van der Waals surface area contributed by atoms with Gasteiger partial charge >= 0.3 is 61.8 Å². The second-order valence-corrected chi connectivity index (χ2v) is 4.37. The van der Waals surface area contributed by atoms with E-state index in [1.54, 1.807) is 0 Å². The summed E-state index contributed by atoms with van der Waals surface area (Å²) in [5.74, 6) is 0. The van der Waals surface area contributed by atoms with E-state index in [1.165, 1.54) is 0 Å². The van der Waals surface area contributed by atoms with Crippen molar-refractivity contribution in [2.75, 3.05) is 26.3 Å². The summed E-state index contributed by atoms with van der Waals surface area (Å²) in [4.78, 5) is 0. The molecule has 0 bridgehead atoms. The van der Waals surface area contributed by atoms with Crippen molar-refractivity contribution in [2.24, 2.45) is 0 Å². The van der Waals surface area contributed by atoms with Crippen molar-refractivity contribution >= 4 is 20.8 Å². The van der Waals surface area contributed by atoms with Crippen LogP contribution in [0.1, 0.15) is 0 Å². The van der Waals surface area contributed by atoms with Crippen molar-refractivity contribution < 1.29 is 85.7 Å². The van der Waals surface area contributed by atoms with E-state index < -0.39 is 20.8 Å². The van der Waals surface area contributed by atoms with Crippen molar-refractivity contribution in [2.45, 2.75) is 0 Å². The standard InChI is InChI=1S/C4H11NO8S2.K/c6-14(7,8)12-3-1-5-2-4-13-15(9,10)11;/h5H,1-4H2,(H,6,7,8)(H,9,10,11);/q;+1/p-1. The SMILES string of the molecule is O=S(=O)([O-])OCCNCCOS(=O)(=O)O.[K+]. The first-order valence-electron chi connectivity index (χ1n) is 3.63. The van der Waals surface area contributed by atoms with Gasteiger partial charge in [-0.15, -0.1) is 0 Å². The molecule has 9 nitrogen and oxygen atoms in total. The Morgan fingerprint density at radius 3 is 1.88 bits per heavy atom. The van der Waals surface area contributed by atoms with Crippen LogP contribution < -0.4 is 56.7 Å². The van der Waals surface area contributed by atoms with E-state index in [9.17, 15) is 21.4 Å². The molecule has 0 aromatic rings. The summed E-state index contributed by atoms with van der Waals surface area (Å²) in [5, 5.41) is 2.50. The minimum atomic E-state index is -4.70. The second kappa shape index (κ2) is 9.29. The molecule has 16 heavy (non-hydrogen) atoms. The fourth-order valence-electron chi connectivity index (χ4n) is 0.560. The Hall–Kier alpha value is 1.34.